The molecule has 1 aliphatic rings. The Hall–Kier alpha value is -0.920. The fraction of sp³-hybridized carbons (Fsp3) is 0.750. The van der Waals surface area contributed by atoms with Crippen molar-refractivity contribution < 1.29 is 8.42 Å². The van der Waals surface area contributed by atoms with E-state index in [4.69, 9.17) is 5.73 Å². The molecule has 2 atom stereocenters. The molecule has 2 unspecified atom stereocenters. The van der Waals surface area contributed by atoms with Gasteiger partial charge in [0.1, 0.15) is 4.90 Å². The zero-order valence-corrected chi connectivity index (χ0v) is 12.7. The van der Waals surface area contributed by atoms with Crippen LogP contribution in [0.4, 0.5) is 0 Å². The van der Waals surface area contributed by atoms with E-state index in [1.807, 2.05) is 6.92 Å². The number of piperidine rings is 1. The first-order valence-electron chi connectivity index (χ1n) is 6.49. The van der Waals surface area contributed by atoms with Crippen LogP contribution in [-0.2, 0) is 17.1 Å². The molecule has 2 N–H and O–H groups in total. The Morgan fingerprint density at radius 1 is 1.32 bits per heavy atom. The van der Waals surface area contributed by atoms with Gasteiger partial charge in [-0.2, -0.15) is 9.40 Å². The van der Waals surface area contributed by atoms with Gasteiger partial charge in [0.2, 0.25) is 10.0 Å². The Kier molecular flexibility index (Phi) is 3.72. The highest BCUT2D eigenvalue weighted by Crippen LogP contribution is 2.26. The minimum absolute atomic E-state index is 0.0872. The molecule has 0 aromatic carbocycles. The molecule has 19 heavy (non-hydrogen) atoms. The highest BCUT2D eigenvalue weighted by molar-refractivity contribution is 7.89. The van der Waals surface area contributed by atoms with Gasteiger partial charge in [0.15, 0.2) is 0 Å². The molecule has 0 bridgehead atoms. The molecule has 0 amide bonds. The predicted molar refractivity (Wildman–Crippen MR) is 73.2 cm³/mol. The lowest BCUT2D eigenvalue weighted by atomic mass is 9.99. The molecule has 0 saturated carbocycles. The van der Waals surface area contributed by atoms with E-state index in [0.717, 1.165) is 6.42 Å². The summed E-state index contributed by atoms with van der Waals surface area (Å²) in [7, 11) is -1.74. The van der Waals surface area contributed by atoms with Crippen LogP contribution in [0.5, 0.6) is 0 Å². The lowest BCUT2D eigenvalue weighted by Crippen LogP contribution is -2.48. The number of rotatable bonds is 2. The summed E-state index contributed by atoms with van der Waals surface area (Å²) in [5.74, 6) is 0.288. The van der Waals surface area contributed by atoms with Crippen LogP contribution >= 0.6 is 0 Å². The summed E-state index contributed by atoms with van der Waals surface area (Å²) < 4.78 is 28.6. The van der Waals surface area contributed by atoms with Gasteiger partial charge in [-0.25, -0.2) is 8.42 Å². The zero-order valence-electron chi connectivity index (χ0n) is 11.9. The minimum atomic E-state index is -3.50. The lowest BCUT2D eigenvalue weighted by molar-refractivity contribution is 0.254. The molecule has 0 aliphatic carbocycles. The van der Waals surface area contributed by atoms with Crippen LogP contribution in [0.25, 0.3) is 0 Å². The molecule has 1 aliphatic heterocycles. The summed E-state index contributed by atoms with van der Waals surface area (Å²) in [6, 6.07) is -0.0872. The Morgan fingerprint density at radius 2 is 1.95 bits per heavy atom. The van der Waals surface area contributed by atoms with Crippen LogP contribution in [-0.4, -0.2) is 41.6 Å². The van der Waals surface area contributed by atoms with Crippen LogP contribution in [0, 0.1) is 19.8 Å². The minimum Gasteiger partial charge on any atom is -0.326 e. The van der Waals surface area contributed by atoms with Crippen LogP contribution < -0.4 is 5.73 Å². The highest BCUT2D eigenvalue weighted by Gasteiger charge is 2.35. The van der Waals surface area contributed by atoms with Gasteiger partial charge in [-0.15, -0.1) is 0 Å². The second-order valence-electron chi connectivity index (χ2n) is 5.55. The average Bonchev–Trinajstić information content (AvgIpc) is 2.51. The van der Waals surface area contributed by atoms with Crippen molar-refractivity contribution in [2.75, 3.05) is 13.1 Å². The summed E-state index contributed by atoms with van der Waals surface area (Å²) in [6.07, 6.45) is 0.872. The van der Waals surface area contributed by atoms with Gasteiger partial charge in [-0.3, -0.25) is 4.68 Å². The number of aryl methyl sites for hydroxylation is 2. The zero-order chi connectivity index (χ0) is 14.4. The van der Waals surface area contributed by atoms with Gasteiger partial charge in [0, 0.05) is 26.2 Å². The molecule has 1 aromatic heterocycles. The SMILES string of the molecule is Cc1nn(C)c(C)c1S(=O)(=O)N1CC(C)CC(N)C1. The van der Waals surface area contributed by atoms with Crippen molar-refractivity contribution in [2.24, 2.45) is 18.7 Å². The molecule has 1 aromatic rings. The molecule has 6 nitrogen and oxygen atoms in total. The second kappa shape index (κ2) is 4.88. The van der Waals surface area contributed by atoms with E-state index in [9.17, 15) is 8.42 Å². The second-order valence-corrected chi connectivity index (χ2v) is 7.42. The van der Waals surface area contributed by atoms with Crippen LogP contribution in [0.15, 0.2) is 4.90 Å². The molecule has 2 rings (SSSR count). The number of nitrogens with two attached hydrogens (primary N) is 1. The molecule has 7 heteroatoms. The Labute approximate surface area is 114 Å². The smallest absolute Gasteiger partial charge is 0.246 e. The maximum Gasteiger partial charge on any atom is 0.246 e. The fourth-order valence-electron chi connectivity index (χ4n) is 2.80. The first-order chi connectivity index (χ1) is 8.73. The van der Waals surface area contributed by atoms with Crippen molar-refractivity contribution in [1.29, 1.82) is 0 Å². The first kappa shape index (κ1) is 14.5. The molecule has 108 valence electrons. The van der Waals surface area contributed by atoms with E-state index >= 15 is 0 Å². The van der Waals surface area contributed by atoms with Crippen LogP contribution in [0.2, 0.25) is 0 Å². The van der Waals surface area contributed by atoms with Crippen molar-refractivity contribution in [1.82, 2.24) is 14.1 Å². The van der Waals surface area contributed by atoms with E-state index in [1.54, 1.807) is 25.6 Å². The Bertz CT molecular complexity index is 569. The average molecular weight is 286 g/mol. The molecule has 0 radical (unpaired) electrons. The summed E-state index contributed by atoms with van der Waals surface area (Å²) >= 11 is 0. The summed E-state index contributed by atoms with van der Waals surface area (Å²) in [5, 5.41) is 4.19. The highest BCUT2D eigenvalue weighted by atomic mass is 32.2. The summed E-state index contributed by atoms with van der Waals surface area (Å²) in [5.41, 5.74) is 7.16. The van der Waals surface area contributed by atoms with E-state index in [2.05, 4.69) is 5.10 Å². The number of nitrogens with zero attached hydrogens (tertiary/aromatic N) is 3. The molecular formula is C12H22N4O2S. The van der Waals surface area contributed by atoms with Crippen molar-refractivity contribution in [3.63, 3.8) is 0 Å². The van der Waals surface area contributed by atoms with Gasteiger partial charge < -0.3 is 5.73 Å². The van der Waals surface area contributed by atoms with Crippen molar-refractivity contribution in [2.45, 2.75) is 38.1 Å². The van der Waals surface area contributed by atoms with E-state index in [-0.39, 0.29) is 12.0 Å². The monoisotopic (exact) mass is 286 g/mol. The lowest BCUT2D eigenvalue weighted by Gasteiger charge is -2.33. The maximum atomic E-state index is 12.8. The summed E-state index contributed by atoms with van der Waals surface area (Å²) in [6.45, 7) is 6.46. The first-order valence-corrected chi connectivity index (χ1v) is 7.93. The predicted octanol–water partition coefficient (Wildman–Crippen LogP) is 0.395. The molecular weight excluding hydrogens is 264 g/mol. The molecule has 1 fully saturated rings. The fourth-order valence-corrected chi connectivity index (χ4v) is 4.82. The maximum absolute atomic E-state index is 12.8. The van der Waals surface area contributed by atoms with Gasteiger partial charge in [0.05, 0.1) is 11.4 Å². The number of aromatic nitrogens is 2. The van der Waals surface area contributed by atoms with E-state index in [0.29, 0.717) is 29.4 Å². The van der Waals surface area contributed by atoms with Crippen LogP contribution in [0.1, 0.15) is 24.7 Å². The quantitative estimate of drug-likeness (QED) is 0.853. The number of sulfonamides is 1. The Balaban J connectivity index is 2.42. The third kappa shape index (κ3) is 2.54. The topological polar surface area (TPSA) is 81.2 Å². The molecule has 2 heterocycles. The van der Waals surface area contributed by atoms with Crippen molar-refractivity contribution in [3.05, 3.63) is 11.4 Å². The van der Waals surface area contributed by atoms with Gasteiger partial charge >= 0.3 is 0 Å². The largest absolute Gasteiger partial charge is 0.326 e. The van der Waals surface area contributed by atoms with Crippen molar-refractivity contribution in [3.8, 4) is 0 Å². The number of hydrogen-bond acceptors (Lipinski definition) is 4. The standard InChI is InChI=1S/C12H22N4O2S/c1-8-5-11(13)7-16(6-8)19(17,18)12-9(2)14-15(4)10(12)3/h8,11H,5-7,13H2,1-4H3. The third-order valence-electron chi connectivity index (χ3n) is 3.70. The van der Waals surface area contributed by atoms with E-state index in [1.165, 1.54) is 4.31 Å². The van der Waals surface area contributed by atoms with Gasteiger partial charge in [-0.05, 0) is 26.2 Å². The molecule has 1 saturated heterocycles. The van der Waals surface area contributed by atoms with E-state index < -0.39 is 10.0 Å². The molecule has 0 spiro atoms. The third-order valence-corrected chi connectivity index (χ3v) is 5.78. The number of hydrogen-bond donors (Lipinski definition) is 1. The summed E-state index contributed by atoms with van der Waals surface area (Å²) in [4.78, 5) is 0.330. The van der Waals surface area contributed by atoms with Crippen LogP contribution in [0.3, 0.4) is 0 Å². The normalized spacial score (nSPS) is 25.7. The van der Waals surface area contributed by atoms with Crippen molar-refractivity contribution >= 4 is 10.0 Å². The van der Waals surface area contributed by atoms with Gasteiger partial charge in [-0.1, -0.05) is 6.92 Å². The van der Waals surface area contributed by atoms with Gasteiger partial charge in [0.25, 0.3) is 0 Å². The Morgan fingerprint density at radius 3 is 2.42 bits per heavy atom.